The molecule has 6 nitrogen and oxygen atoms in total. The molecule has 3 rings (SSSR count). The monoisotopic (exact) mass is 394 g/mol. The predicted molar refractivity (Wildman–Crippen MR) is 103 cm³/mol. The Hall–Kier alpha value is -1.95. The van der Waals surface area contributed by atoms with Crippen LogP contribution in [0.5, 0.6) is 5.75 Å². The van der Waals surface area contributed by atoms with Crippen LogP contribution in [0.15, 0.2) is 24.3 Å². The lowest BCUT2D eigenvalue weighted by molar-refractivity contribution is -0.141. The number of piperazine rings is 1. The highest BCUT2D eigenvalue weighted by Crippen LogP contribution is 2.32. The highest BCUT2D eigenvalue weighted by molar-refractivity contribution is 6.30. The second-order valence-electron chi connectivity index (χ2n) is 8.23. The van der Waals surface area contributed by atoms with Gasteiger partial charge in [-0.15, -0.1) is 0 Å². The molecule has 0 spiro atoms. The molecule has 3 unspecified atom stereocenters. The van der Waals surface area contributed by atoms with Gasteiger partial charge in [0.1, 0.15) is 11.4 Å². The molecule has 2 fully saturated rings. The second-order valence-corrected chi connectivity index (χ2v) is 8.67. The number of hydrogen-bond acceptors (Lipinski definition) is 4. The molecule has 1 aromatic rings. The van der Waals surface area contributed by atoms with Crippen molar-refractivity contribution in [2.24, 2.45) is 0 Å². The molecule has 2 aliphatic rings. The van der Waals surface area contributed by atoms with Gasteiger partial charge < -0.3 is 14.4 Å². The molecule has 0 aromatic heterocycles. The first-order valence-corrected chi connectivity index (χ1v) is 9.74. The van der Waals surface area contributed by atoms with Crippen molar-refractivity contribution in [1.29, 1.82) is 0 Å². The number of halogens is 1. The average molecular weight is 395 g/mol. The number of amides is 2. The van der Waals surface area contributed by atoms with Gasteiger partial charge >= 0.3 is 6.09 Å². The van der Waals surface area contributed by atoms with Crippen molar-refractivity contribution in [3.8, 4) is 5.75 Å². The van der Waals surface area contributed by atoms with Gasteiger partial charge in [0.2, 0.25) is 0 Å². The highest BCUT2D eigenvalue weighted by Gasteiger charge is 2.46. The molecule has 2 bridgehead atoms. The number of benzene rings is 1. The molecule has 3 atom stereocenters. The molecule has 0 radical (unpaired) electrons. The zero-order valence-electron chi connectivity index (χ0n) is 16.3. The van der Waals surface area contributed by atoms with E-state index in [-0.39, 0.29) is 24.1 Å². The topological polar surface area (TPSA) is 59.1 Å². The third kappa shape index (κ3) is 4.67. The number of carbonyl (C=O) groups is 2. The largest absolute Gasteiger partial charge is 0.481 e. The third-order valence-electron chi connectivity index (χ3n) is 4.87. The number of likely N-dealkylation sites (tertiary alicyclic amines) is 1. The number of rotatable bonds is 3. The summed E-state index contributed by atoms with van der Waals surface area (Å²) in [6, 6.07) is 6.96. The summed E-state index contributed by atoms with van der Waals surface area (Å²) in [6.45, 7) is 8.37. The maximum absolute atomic E-state index is 12.8. The minimum atomic E-state index is -0.598. The Morgan fingerprint density at radius 3 is 2.19 bits per heavy atom. The normalized spacial score (nSPS) is 23.1. The first kappa shape index (κ1) is 19.8. The Morgan fingerprint density at radius 1 is 1.11 bits per heavy atom. The van der Waals surface area contributed by atoms with Gasteiger partial charge in [-0.2, -0.15) is 0 Å². The van der Waals surface area contributed by atoms with E-state index < -0.39 is 11.7 Å². The third-order valence-corrected chi connectivity index (χ3v) is 5.12. The molecule has 0 saturated carbocycles. The van der Waals surface area contributed by atoms with Gasteiger partial charge in [-0.25, -0.2) is 4.79 Å². The Balaban J connectivity index is 1.61. The lowest BCUT2D eigenvalue weighted by Crippen LogP contribution is -2.59. The van der Waals surface area contributed by atoms with E-state index >= 15 is 0 Å². The summed E-state index contributed by atoms with van der Waals surface area (Å²) in [5.74, 6) is 0.543. The van der Waals surface area contributed by atoms with Crippen molar-refractivity contribution in [3.63, 3.8) is 0 Å². The van der Waals surface area contributed by atoms with Gasteiger partial charge in [0.25, 0.3) is 5.91 Å². The van der Waals surface area contributed by atoms with Crippen LogP contribution in [0.4, 0.5) is 4.79 Å². The van der Waals surface area contributed by atoms with Gasteiger partial charge in [-0.3, -0.25) is 9.69 Å². The molecule has 27 heavy (non-hydrogen) atoms. The van der Waals surface area contributed by atoms with Crippen molar-refractivity contribution in [3.05, 3.63) is 29.3 Å². The zero-order valence-corrected chi connectivity index (χ0v) is 17.0. The van der Waals surface area contributed by atoms with E-state index in [2.05, 4.69) is 0 Å². The van der Waals surface area contributed by atoms with Crippen LogP contribution in [-0.4, -0.2) is 58.7 Å². The summed E-state index contributed by atoms with van der Waals surface area (Å²) >= 11 is 5.88. The van der Waals surface area contributed by atoms with Gasteiger partial charge in [-0.05, 0) is 64.8 Å². The van der Waals surface area contributed by atoms with E-state index in [0.717, 1.165) is 12.8 Å². The van der Waals surface area contributed by atoms with Crippen LogP contribution >= 0.6 is 11.6 Å². The van der Waals surface area contributed by atoms with Gasteiger partial charge in [-0.1, -0.05) is 11.6 Å². The SMILES string of the molecule is CC(Oc1ccc(Cl)cc1)C(=O)N1CC2CCC(C1)N2C(=O)OC(C)(C)C. The van der Waals surface area contributed by atoms with Crippen LogP contribution in [0.25, 0.3) is 0 Å². The second kappa shape index (κ2) is 7.58. The lowest BCUT2D eigenvalue weighted by Gasteiger charge is -2.41. The lowest BCUT2D eigenvalue weighted by atomic mass is 10.1. The highest BCUT2D eigenvalue weighted by atomic mass is 35.5. The van der Waals surface area contributed by atoms with Crippen LogP contribution in [0.2, 0.25) is 5.02 Å². The summed E-state index contributed by atoms with van der Waals surface area (Å²) in [5, 5.41) is 0.621. The van der Waals surface area contributed by atoms with E-state index in [1.54, 1.807) is 31.2 Å². The molecule has 0 N–H and O–H groups in total. The van der Waals surface area contributed by atoms with Crippen molar-refractivity contribution in [1.82, 2.24) is 9.80 Å². The fourth-order valence-corrected chi connectivity index (χ4v) is 3.85. The molecule has 2 saturated heterocycles. The van der Waals surface area contributed by atoms with Crippen LogP contribution < -0.4 is 4.74 Å². The van der Waals surface area contributed by atoms with Crippen LogP contribution in [0.1, 0.15) is 40.5 Å². The molecular weight excluding hydrogens is 368 g/mol. The Kier molecular flexibility index (Phi) is 5.56. The molecule has 2 aliphatic heterocycles. The molecule has 0 aliphatic carbocycles. The maximum atomic E-state index is 12.8. The number of ether oxygens (including phenoxy) is 2. The predicted octanol–water partition coefficient (Wildman–Crippen LogP) is 3.72. The number of fused-ring (bicyclic) bond motifs is 2. The van der Waals surface area contributed by atoms with E-state index in [1.165, 1.54) is 0 Å². The average Bonchev–Trinajstić information content (AvgIpc) is 2.85. The first-order valence-electron chi connectivity index (χ1n) is 9.36. The summed E-state index contributed by atoms with van der Waals surface area (Å²) in [7, 11) is 0. The molecule has 7 heteroatoms. The minimum Gasteiger partial charge on any atom is -0.481 e. The van der Waals surface area contributed by atoms with E-state index in [4.69, 9.17) is 21.1 Å². The number of hydrogen-bond donors (Lipinski definition) is 0. The quantitative estimate of drug-likeness (QED) is 0.784. The molecule has 2 amide bonds. The zero-order chi connectivity index (χ0) is 19.8. The summed E-state index contributed by atoms with van der Waals surface area (Å²) < 4.78 is 11.3. The molecule has 148 valence electrons. The van der Waals surface area contributed by atoms with Crippen LogP contribution in [0, 0.1) is 0 Å². The van der Waals surface area contributed by atoms with E-state index in [9.17, 15) is 9.59 Å². The Labute approximate surface area is 165 Å². The van der Waals surface area contributed by atoms with Crippen molar-refractivity contribution >= 4 is 23.6 Å². The van der Waals surface area contributed by atoms with Gasteiger partial charge in [0.15, 0.2) is 6.10 Å². The van der Waals surface area contributed by atoms with Crippen LogP contribution in [0.3, 0.4) is 0 Å². The Morgan fingerprint density at radius 2 is 1.67 bits per heavy atom. The van der Waals surface area contributed by atoms with E-state index in [0.29, 0.717) is 23.9 Å². The van der Waals surface area contributed by atoms with Gasteiger partial charge in [0, 0.05) is 18.1 Å². The summed E-state index contributed by atoms with van der Waals surface area (Å²) in [5.41, 5.74) is -0.523. The minimum absolute atomic E-state index is 0.00489. The number of carbonyl (C=O) groups excluding carboxylic acids is 2. The van der Waals surface area contributed by atoms with Crippen LogP contribution in [-0.2, 0) is 9.53 Å². The van der Waals surface area contributed by atoms with Crippen molar-refractivity contribution in [2.45, 2.75) is 64.3 Å². The molecule has 1 aromatic carbocycles. The van der Waals surface area contributed by atoms with E-state index in [1.807, 2.05) is 30.6 Å². The standard InChI is InChI=1S/C20H27ClN2O4/c1-13(26-17-9-5-14(21)6-10-17)18(24)22-11-15-7-8-16(12-22)23(15)19(25)27-20(2,3)4/h5-6,9-10,13,15-16H,7-8,11-12H2,1-4H3. The summed E-state index contributed by atoms with van der Waals surface area (Å²) in [4.78, 5) is 29.0. The summed E-state index contributed by atoms with van der Waals surface area (Å²) in [6.07, 6.45) is 0.895. The first-order chi connectivity index (χ1) is 12.6. The fourth-order valence-electron chi connectivity index (χ4n) is 3.72. The van der Waals surface area contributed by atoms with Crippen molar-refractivity contribution < 1.29 is 19.1 Å². The fraction of sp³-hybridized carbons (Fsp3) is 0.600. The maximum Gasteiger partial charge on any atom is 0.410 e. The number of nitrogens with zero attached hydrogens (tertiary/aromatic N) is 2. The molecule has 2 heterocycles. The Bertz CT molecular complexity index is 687. The molecular formula is C20H27ClN2O4. The smallest absolute Gasteiger partial charge is 0.410 e. The van der Waals surface area contributed by atoms with Gasteiger partial charge in [0.05, 0.1) is 12.1 Å². The van der Waals surface area contributed by atoms with Crippen molar-refractivity contribution in [2.75, 3.05) is 13.1 Å².